The van der Waals surface area contributed by atoms with Gasteiger partial charge in [-0.2, -0.15) is 26.3 Å². The predicted octanol–water partition coefficient (Wildman–Crippen LogP) is 1.96. The smallest absolute Gasteiger partial charge is 0.393 e. The lowest BCUT2D eigenvalue weighted by Crippen LogP contribution is -2.53. The number of aliphatic hydroxyl groups is 1. The van der Waals surface area contributed by atoms with Crippen molar-refractivity contribution in [2.45, 2.75) is 31.8 Å². The van der Waals surface area contributed by atoms with Crippen molar-refractivity contribution in [3.8, 4) is 0 Å². The van der Waals surface area contributed by atoms with Crippen molar-refractivity contribution in [1.82, 2.24) is 4.90 Å². The average Bonchev–Trinajstić information content (AvgIpc) is 2.17. The van der Waals surface area contributed by atoms with Crippen LogP contribution in [0.3, 0.4) is 0 Å². The van der Waals surface area contributed by atoms with Gasteiger partial charge >= 0.3 is 12.4 Å². The molecule has 1 aliphatic heterocycles. The van der Waals surface area contributed by atoms with E-state index in [-0.39, 0.29) is 19.5 Å². The van der Waals surface area contributed by atoms with Gasteiger partial charge in [0.2, 0.25) is 11.8 Å². The molecule has 3 nitrogen and oxygen atoms in total. The third kappa shape index (κ3) is 3.74. The van der Waals surface area contributed by atoms with Gasteiger partial charge in [-0.1, -0.05) is 6.92 Å². The molecule has 1 rings (SSSR count). The standard InChI is InChI=1S/C10H13F6NO2/c1-5-4-17(3-2-6(5)18)8(19)7(9(11,12)13)10(14,15)16/h5-7,18H,2-4H2,1H3. The molecule has 2 atom stereocenters. The molecule has 9 heteroatoms. The Labute approximate surface area is 105 Å². The van der Waals surface area contributed by atoms with Crippen molar-refractivity contribution in [2.24, 2.45) is 11.8 Å². The molecule has 0 saturated carbocycles. The third-order valence-electron chi connectivity index (χ3n) is 3.07. The first-order valence-corrected chi connectivity index (χ1v) is 5.55. The summed E-state index contributed by atoms with van der Waals surface area (Å²) >= 11 is 0. The van der Waals surface area contributed by atoms with Gasteiger partial charge in [0.25, 0.3) is 0 Å². The summed E-state index contributed by atoms with van der Waals surface area (Å²) in [7, 11) is 0. The summed E-state index contributed by atoms with van der Waals surface area (Å²) < 4.78 is 74.3. The van der Waals surface area contributed by atoms with E-state index in [9.17, 15) is 36.2 Å². The highest BCUT2D eigenvalue weighted by Crippen LogP contribution is 2.40. The Morgan fingerprint density at radius 1 is 1.21 bits per heavy atom. The predicted molar refractivity (Wildman–Crippen MR) is 52.0 cm³/mol. The fourth-order valence-electron chi connectivity index (χ4n) is 1.98. The molecule has 1 saturated heterocycles. The summed E-state index contributed by atoms with van der Waals surface area (Å²) in [6.45, 7) is 0.829. The highest BCUT2D eigenvalue weighted by atomic mass is 19.4. The minimum absolute atomic E-state index is 0.0324. The molecule has 1 heterocycles. The van der Waals surface area contributed by atoms with E-state index in [0.717, 1.165) is 0 Å². The molecule has 0 spiro atoms. The number of piperidine rings is 1. The van der Waals surface area contributed by atoms with Gasteiger partial charge in [0, 0.05) is 13.1 Å². The van der Waals surface area contributed by atoms with Gasteiger partial charge < -0.3 is 10.0 Å². The first-order chi connectivity index (χ1) is 8.44. The van der Waals surface area contributed by atoms with Gasteiger partial charge in [0.15, 0.2) is 0 Å². The number of carbonyl (C=O) groups is 1. The molecule has 0 bridgehead atoms. The van der Waals surface area contributed by atoms with E-state index in [4.69, 9.17) is 0 Å². The van der Waals surface area contributed by atoms with Crippen LogP contribution in [0.4, 0.5) is 26.3 Å². The number of rotatable bonds is 1. The monoisotopic (exact) mass is 293 g/mol. The molecule has 0 aliphatic carbocycles. The number of likely N-dealkylation sites (tertiary alicyclic amines) is 1. The molecule has 0 aromatic rings. The topological polar surface area (TPSA) is 40.5 Å². The van der Waals surface area contributed by atoms with E-state index in [1.165, 1.54) is 6.92 Å². The number of amides is 1. The molecule has 0 aromatic carbocycles. The number of hydrogen-bond acceptors (Lipinski definition) is 2. The lowest BCUT2D eigenvalue weighted by Gasteiger charge is -2.36. The van der Waals surface area contributed by atoms with Crippen molar-refractivity contribution in [3.63, 3.8) is 0 Å². The first kappa shape index (κ1) is 16.1. The zero-order valence-corrected chi connectivity index (χ0v) is 9.92. The number of aliphatic hydroxyl groups excluding tert-OH is 1. The summed E-state index contributed by atoms with van der Waals surface area (Å²) in [5.74, 6) is -6.55. The summed E-state index contributed by atoms with van der Waals surface area (Å²) in [5, 5.41) is 9.35. The molecule has 1 aliphatic rings. The molecular weight excluding hydrogens is 280 g/mol. The molecule has 2 unspecified atom stereocenters. The molecule has 1 fully saturated rings. The van der Waals surface area contributed by atoms with Crippen LogP contribution in [0.1, 0.15) is 13.3 Å². The number of hydrogen-bond donors (Lipinski definition) is 1. The van der Waals surface area contributed by atoms with Crippen molar-refractivity contribution in [2.75, 3.05) is 13.1 Å². The number of alkyl halides is 6. The van der Waals surface area contributed by atoms with Crippen LogP contribution < -0.4 is 0 Å². The normalized spacial score (nSPS) is 25.8. The van der Waals surface area contributed by atoms with E-state index < -0.39 is 36.2 Å². The second kappa shape index (κ2) is 5.18. The van der Waals surface area contributed by atoms with Crippen LogP contribution in [-0.4, -0.2) is 47.5 Å². The highest BCUT2D eigenvalue weighted by Gasteiger charge is 2.62. The van der Waals surface area contributed by atoms with E-state index in [1.54, 1.807) is 0 Å². The molecule has 0 radical (unpaired) electrons. The van der Waals surface area contributed by atoms with Crippen LogP contribution in [0.15, 0.2) is 0 Å². The SMILES string of the molecule is CC1CN(C(=O)C(C(F)(F)F)C(F)(F)F)CCC1O. The second-order valence-electron chi connectivity index (χ2n) is 4.63. The Morgan fingerprint density at radius 2 is 1.68 bits per heavy atom. The Bertz CT molecular complexity index is 326. The molecule has 19 heavy (non-hydrogen) atoms. The fraction of sp³-hybridized carbons (Fsp3) is 0.900. The molecular formula is C10H13F6NO2. The first-order valence-electron chi connectivity index (χ1n) is 5.55. The van der Waals surface area contributed by atoms with Crippen molar-refractivity contribution >= 4 is 5.91 Å². The fourth-order valence-corrected chi connectivity index (χ4v) is 1.98. The number of nitrogens with zero attached hydrogens (tertiary/aromatic N) is 1. The molecule has 1 N–H and O–H groups in total. The zero-order chi connectivity index (χ0) is 15.0. The zero-order valence-electron chi connectivity index (χ0n) is 9.92. The minimum Gasteiger partial charge on any atom is -0.393 e. The van der Waals surface area contributed by atoms with E-state index >= 15 is 0 Å². The van der Waals surface area contributed by atoms with Gasteiger partial charge in [-0.05, 0) is 12.3 Å². The van der Waals surface area contributed by atoms with Gasteiger partial charge in [0.1, 0.15) is 0 Å². The maximum atomic E-state index is 12.4. The quantitative estimate of drug-likeness (QED) is 0.751. The summed E-state index contributed by atoms with van der Waals surface area (Å²) in [6, 6.07) is 0. The maximum absolute atomic E-state index is 12.4. The van der Waals surface area contributed by atoms with Crippen LogP contribution in [0.25, 0.3) is 0 Å². The van der Waals surface area contributed by atoms with Gasteiger partial charge in [-0.15, -0.1) is 0 Å². The Morgan fingerprint density at radius 3 is 2.05 bits per heavy atom. The second-order valence-corrected chi connectivity index (χ2v) is 4.63. The van der Waals surface area contributed by atoms with Crippen LogP contribution in [-0.2, 0) is 4.79 Å². The van der Waals surface area contributed by atoms with Crippen molar-refractivity contribution < 1.29 is 36.2 Å². The van der Waals surface area contributed by atoms with E-state index in [2.05, 4.69) is 0 Å². The van der Waals surface area contributed by atoms with Crippen LogP contribution in [0.2, 0.25) is 0 Å². The maximum Gasteiger partial charge on any atom is 0.409 e. The number of carbonyl (C=O) groups excluding carboxylic acids is 1. The van der Waals surface area contributed by atoms with E-state index in [1.807, 2.05) is 0 Å². The molecule has 112 valence electrons. The van der Waals surface area contributed by atoms with Gasteiger partial charge in [-0.25, -0.2) is 0 Å². The number of halogens is 6. The van der Waals surface area contributed by atoms with Crippen molar-refractivity contribution in [3.05, 3.63) is 0 Å². The van der Waals surface area contributed by atoms with Crippen LogP contribution in [0.5, 0.6) is 0 Å². The third-order valence-corrected chi connectivity index (χ3v) is 3.07. The van der Waals surface area contributed by atoms with Gasteiger partial charge in [-0.3, -0.25) is 4.79 Å². The highest BCUT2D eigenvalue weighted by molar-refractivity contribution is 5.80. The van der Waals surface area contributed by atoms with E-state index in [0.29, 0.717) is 4.90 Å². The lowest BCUT2D eigenvalue weighted by atomic mass is 9.95. The Hall–Kier alpha value is -0.990. The van der Waals surface area contributed by atoms with Crippen LogP contribution >= 0.6 is 0 Å². The van der Waals surface area contributed by atoms with Crippen LogP contribution in [0, 0.1) is 11.8 Å². The lowest BCUT2D eigenvalue weighted by molar-refractivity contribution is -0.278. The molecule has 1 amide bonds. The summed E-state index contributed by atoms with van der Waals surface area (Å²) in [6.07, 6.45) is -12.2. The average molecular weight is 293 g/mol. The Balaban J connectivity index is 2.90. The minimum atomic E-state index is -5.67. The van der Waals surface area contributed by atoms with Gasteiger partial charge in [0.05, 0.1) is 6.10 Å². The van der Waals surface area contributed by atoms with Crippen molar-refractivity contribution in [1.29, 1.82) is 0 Å². The Kier molecular flexibility index (Phi) is 4.38. The summed E-state index contributed by atoms with van der Waals surface area (Å²) in [4.78, 5) is 12.0. The molecule has 0 aromatic heterocycles. The summed E-state index contributed by atoms with van der Waals surface area (Å²) in [5.41, 5.74) is 0. The largest absolute Gasteiger partial charge is 0.409 e.